The summed E-state index contributed by atoms with van der Waals surface area (Å²) in [6.07, 6.45) is -1.63. The van der Waals surface area contributed by atoms with Gasteiger partial charge in [-0.3, -0.25) is 0 Å². The van der Waals surface area contributed by atoms with Crippen molar-refractivity contribution in [2.75, 3.05) is 0 Å². The van der Waals surface area contributed by atoms with Crippen LogP contribution in [-0.2, 0) is 0 Å². The fourth-order valence-electron chi connectivity index (χ4n) is 0.814. The summed E-state index contributed by atoms with van der Waals surface area (Å²) in [5, 5.41) is 0. The maximum Gasteiger partial charge on any atom is 0.243 e. The molecule has 0 nitrogen and oxygen atoms in total. The molecule has 0 amide bonds. The Labute approximate surface area is 74.5 Å². The molecule has 0 aromatic rings. The van der Waals surface area contributed by atoms with E-state index in [2.05, 4.69) is 22.6 Å². The van der Waals surface area contributed by atoms with Gasteiger partial charge in [0.25, 0.3) is 0 Å². The maximum atomic E-state index is 12.2. The Bertz CT molecular complexity index is 99.8. The summed E-state index contributed by atoms with van der Waals surface area (Å²) in [5.74, 6) is 0. The van der Waals surface area contributed by atoms with Gasteiger partial charge < -0.3 is 0 Å². The van der Waals surface area contributed by atoms with E-state index in [1.165, 1.54) is 0 Å². The zero-order chi connectivity index (χ0) is 8.36. The molecule has 0 aromatic carbocycles. The van der Waals surface area contributed by atoms with Gasteiger partial charge in [0.05, 0.1) is 0 Å². The van der Waals surface area contributed by atoms with Gasteiger partial charge >= 0.3 is 0 Å². The maximum absolute atomic E-state index is 12.2. The van der Waals surface area contributed by atoms with Gasteiger partial charge in [-0.25, -0.2) is 8.78 Å². The van der Waals surface area contributed by atoms with Crippen LogP contribution < -0.4 is 0 Å². The van der Waals surface area contributed by atoms with E-state index in [4.69, 9.17) is 0 Å². The molecule has 0 fully saturated rings. The van der Waals surface area contributed by atoms with Crippen molar-refractivity contribution in [2.24, 2.45) is 5.41 Å². The Kier molecular flexibility index (Phi) is 4.06. The summed E-state index contributed by atoms with van der Waals surface area (Å²) in [7, 11) is 0. The lowest BCUT2D eigenvalue weighted by atomic mass is 9.89. The molecule has 1 atom stereocenters. The van der Waals surface area contributed by atoms with Crippen molar-refractivity contribution in [2.45, 2.75) is 37.5 Å². The molecule has 0 bridgehead atoms. The Morgan fingerprint density at radius 1 is 1.40 bits per heavy atom. The number of hydrogen-bond acceptors (Lipinski definition) is 0. The van der Waals surface area contributed by atoms with E-state index in [1.54, 1.807) is 13.8 Å². The monoisotopic (exact) mass is 262 g/mol. The Balaban J connectivity index is 3.87. The summed E-state index contributed by atoms with van der Waals surface area (Å²) in [6.45, 7) is 5.16. The standard InChI is InChI=1S/C7H13F2I/c1-5(10)4-7(2,3)6(8)9/h5-6H,4H2,1-3H3. The molecule has 0 N–H and O–H groups in total. The number of alkyl halides is 3. The quantitative estimate of drug-likeness (QED) is 0.539. The molecular formula is C7H13F2I. The first-order valence-corrected chi connectivity index (χ1v) is 4.53. The van der Waals surface area contributed by atoms with E-state index in [-0.39, 0.29) is 0 Å². The molecule has 0 aliphatic rings. The molecule has 0 aromatic heterocycles. The molecule has 0 heterocycles. The van der Waals surface area contributed by atoms with Crippen LogP contribution in [0.1, 0.15) is 27.2 Å². The van der Waals surface area contributed by atoms with Crippen molar-refractivity contribution < 1.29 is 8.78 Å². The molecule has 0 saturated carbocycles. The first-order chi connectivity index (χ1) is 4.36. The van der Waals surface area contributed by atoms with E-state index in [0.717, 1.165) is 0 Å². The predicted octanol–water partition coefficient (Wildman–Crippen LogP) is 3.49. The average Bonchev–Trinajstić information content (AvgIpc) is 1.60. The van der Waals surface area contributed by atoms with Gasteiger partial charge in [-0.1, -0.05) is 43.4 Å². The molecule has 0 aliphatic carbocycles. The Morgan fingerprint density at radius 3 is 1.90 bits per heavy atom. The first-order valence-electron chi connectivity index (χ1n) is 3.28. The van der Waals surface area contributed by atoms with Gasteiger partial charge in [-0.05, 0) is 6.42 Å². The van der Waals surface area contributed by atoms with Crippen molar-refractivity contribution in [1.82, 2.24) is 0 Å². The summed E-state index contributed by atoms with van der Waals surface area (Å²) in [5.41, 5.74) is -0.819. The third kappa shape index (κ3) is 3.68. The molecule has 10 heavy (non-hydrogen) atoms. The van der Waals surface area contributed by atoms with Crippen molar-refractivity contribution in [3.05, 3.63) is 0 Å². The van der Waals surface area contributed by atoms with Crippen LogP contribution >= 0.6 is 22.6 Å². The van der Waals surface area contributed by atoms with Crippen LogP contribution in [0.25, 0.3) is 0 Å². The van der Waals surface area contributed by atoms with E-state index in [0.29, 0.717) is 10.3 Å². The smallest absolute Gasteiger partial charge is 0.210 e. The molecule has 62 valence electrons. The van der Waals surface area contributed by atoms with E-state index >= 15 is 0 Å². The van der Waals surface area contributed by atoms with Gasteiger partial charge in [0.15, 0.2) is 0 Å². The highest BCUT2D eigenvalue weighted by Gasteiger charge is 2.30. The molecule has 0 spiro atoms. The highest BCUT2D eigenvalue weighted by molar-refractivity contribution is 14.1. The van der Waals surface area contributed by atoms with Crippen LogP contribution in [0.5, 0.6) is 0 Å². The van der Waals surface area contributed by atoms with Crippen LogP contribution in [0.3, 0.4) is 0 Å². The first kappa shape index (κ1) is 10.6. The minimum Gasteiger partial charge on any atom is -0.210 e. The lowest BCUT2D eigenvalue weighted by Gasteiger charge is -2.24. The SMILES string of the molecule is CC(I)CC(C)(C)C(F)F. The van der Waals surface area contributed by atoms with Crippen molar-refractivity contribution in [1.29, 1.82) is 0 Å². The van der Waals surface area contributed by atoms with Crippen LogP contribution in [0.2, 0.25) is 0 Å². The summed E-state index contributed by atoms with van der Waals surface area (Å²) in [6, 6.07) is 0. The highest BCUT2D eigenvalue weighted by atomic mass is 127. The lowest BCUT2D eigenvalue weighted by Crippen LogP contribution is -2.24. The molecule has 0 aliphatic heterocycles. The third-order valence-electron chi connectivity index (χ3n) is 1.40. The largest absolute Gasteiger partial charge is 0.243 e. The summed E-state index contributed by atoms with van der Waals surface area (Å²) in [4.78, 5) is 0. The topological polar surface area (TPSA) is 0 Å². The van der Waals surface area contributed by atoms with Gasteiger partial charge in [0.2, 0.25) is 6.43 Å². The molecule has 1 unspecified atom stereocenters. The molecule has 3 heteroatoms. The van der Waals surface area contributed by atoms with Crippen LogP contribution in [0.4, 0.5) is 8.78 Å². The van der Waals surface area contributed by atoms with Gasteiger partial charge in [0, 0.05) is 9.34 Å². The molecular weight excluding hydrogens is 249 g/mol. The second kappa shape index (κ2) is 3.83. The summed E-state index contributed by atoms with van der Waals surface area (Å²) < 4.78 is 24.7. The van der Waals surface area contributed by atoms with E-state index in [9.17, 15) is 8.78 Å². The van der Waals surface area contributed by atoms with E-state index < -0.39 is 11.8 Å². The van der Waals surface area contributed by atoms with Crippen molar-refractivity contribution in [3.8, 4) is 0 Å². The van der Waals surface area contributed by atoms with Gasteiger partial charge in [-0.2, -0.15) is 0 Å². The average molecular weight is 262 g/mol. The number of rotatable bonds is 3. The Morgan fingerprint density at radius 2 is 1.80 bits per heavy atom. The molecule has 0 saturated heterocycles. The zero-order valence-electron chi connectivity index (χ0n) is 6.50. The van der Waals surface area contributed by atoms with Gasteiger partial charge in [-0.15, -0.1) is 0 Å². The number of halogens is 3. The second-order valence-electron chi connectivity index (χ2n) is 3.27. The van der Waals surface area contributed by atoms with Crippen molar-refractivity contribution >= 4 is 22.6 Å². The zero-order valence-corrected chi connectivity index (χ0v) is 8.65. The fraction of sp³-hybridized carbons (Fsp3) is 1.00. The molecule has 0 rings (SSSR count). The highest BCUT2D eigenvalue weighted by Crippen LogP contribution is 2.32. The third-order valence-corrected chi connectivity index (χ3v) is 1.84. The summed E-state index contributed by atoms with van der Waals surface area (Å²) >= 11 is 2.17. The normalized spacial score (nSPS) is 15.9. The fourth-order valence-corrected chi connectivity index (χ4v) is 1.95. The van der Waals surface area contributed by atoms with Crippen LogP contribution in [0, 0.1) is 5.41 Å². The van der Waals surface area contributed by atoms with Crippen LogP contribution in [-0.4, -0.2) is 10.4 Å². The van der Waals surface area contributed by atoms with Crippen LogP contribution in [0.15, 0.2) is 0 Å². The van der Waals surface area contributed by atoms with E-state index in [1.807, 2.05) is 6.92 Å². The number of hydrogen-bond donors (Lipinski definition) is 0. The Hall–Kier alpha value is 0.590. The second-order valence-corrected chi connectivity index (χ2v) is 5.40. The minimum absolute atomic E-state index is 0.321. The molecule has 0 radical (unpaired) electrons. The predicted molar refractivity (Wildman–Crippen MR) is 47.9 cm³/mol. The lowest BCUT2D eigenvalue weighted by molar-refractivity contribution is 0.0153. The minimum atomic E-state index is -2.20. The van der Waals surface area contributed by atoms with Crippen molar-refractivity contribution in [3.63, 3.8) is 0 Å². The van der Waals surface area contributed by atoms with Gasteiger partial charge in [0.1, 0.15) is 0 Å².